The first-order valence-electron chi connectivity index (χ1n) is 9.34. The van der Waals surface area contributed by atoms with Crippen molar-refractivity contribution in [1.29, 1.82) is 0 Å². The molecule has 0 atom stereocenters. The Kier molecular flexibility index (Phi) is 12.7. The minimum absolute atomic E-state index is 0. The van der Waals surface area contributed by atoms with Crippen molar-refractivity contribution in [2.75, 3.05) is 84.1 Å². The van der Waals surface area contributed by atoms with Gasteiger partial charge in [-0.15, -0.1) is 24.0 Å². The van der Waals surface area contributed by atoms with Gasteiger partial charge < -0.3 is 19.9 Å². The molecule has 9 heteroatoms. The number of morpholine rings is 1. The Labute approximate surface area is 179 Å². The molecule has 0 spiro atoms. The number of nitrogens with zero attached hydrogens (tertiary/aromatic N) is 4. The standard InChI is InChI=1S/C17H33N5O2S.HI/c1-3-18-17(19-5-4-14-25-2)22-8-6-20(7-9-22)15-16(23)21-10-12-24-13-11-21;/h3-15H2,1-2H3,(H,18,19);1H. The molecule has 2 fully saturated rings. The number of amides is 1. The number of ether oxygens (including phenoxy) is 1. The number of hydrogen-bond acceptors (Lipinski definition) is 5. The molecule has 2 aliphatic rings. The predicted molar refractivity (Wildman–Crippen MR) is 120 cm³/mol. The van der Waals surface area contributed by atoms with E-state index in [1.165, 1.54) is 0 Å². The van der Waals surface area contributed by atoms with E-state index in [4.69, 9.17) is 9.73 Å². The van der Waals surface area contributed by atoms with Crippen LogP contribution in [0.4, 0.5) is 0 Å². The number of carbonyl (C=O) groups is 1. The van der Waals surface area contributed by atoms with Crippen LogP contribution in [0.25, 0.3) is 0 Å². The highest BCUT2D eigenvalue weighted by Crippen LogP contribution is 2.05. The molecule has 0 aliphatic carbocycles. The fraction of sp³-hybridized carbons (Fsp3) is 0.882. The Balaban J connectivity index is 0.00000338. The molecule has 1 N–H and O–H groups in total. The van der Waals surface area contributed by atoms with Crippen LogP contribution in [0.15, 0.2) is 4.99 Å². The van der Waals surface area contributed by atoms with Crippen molar-refractivity contribution in [2.24, 2.45) is 4.99 Å². The molecule has 2 rings (SSSR count). The van der Waals surface area contributed by atoms with E-state index in [1.807, 2.05) is 16.7 Å². The minimum Gasteiger partial charge on any atom is -0.378 e. The Bertz CT molecular complexity index is 427. The lowest BCUT2D eigenvalue weighted by atomic mass is 10.3. The maximum absolute atomic E-state index is 12.4. The van der Waals surface area contributed by atoms with Crippen LogP contribution in [0.1, 0.15) is 13.3 Å². The SMILES string of the molecule is CCNC(=NCCCSC)N1CCN(CC(=O)N2CCOCC2)CC1.I. The third-order valence-electron chi connectivity index (χ3n) is 4.50. The van der Waals surface area contributed by atoms with Crippen molar-refractivity contribution >= 4 is 47.6 Å². The Morgan fingerprint density at radius 1 is 1.12 bits per heavy atom. The molecule has 2 aliphatic heterocycles. The highest BCUT2D eigenvalue weighted by molar-refractivity contribution is 14.0. The van der Waals surface area contributed by atoms with E-state index in [-0.39, 0.29) is 29.9 Å². The number of nitrogens with one attached hydrogen (secondary N) is 1. The molecule has 152 valence electrons. The number of aliphatic imine (C=N–C) groups is 1. The maximum atomic E-state index is 12.4. The van der Waals surface area contributed by atoms with Gasteiger partial charge >= 0.3 is 0 Å². The summed E-state index contributed by atoms with van der Waals surface area (Å²) in [6.45, 7) is 10.8. The van der Waals surface area contributed by atoms with E-state index in [0.717, 1.165) is 70.5 Å². The van der Waals surface area contributed by atoms with Gasteiger partial charge in [0.2, 0.25) is 5.91 Å². The van der Waals surface area contributed by atoms with Crippen LogP contribution in [0.3, 0.4) is 0 Å². The van der Waals surface area contributed by atoms with Crippen LogP contribution in [0.5, 0.6) is 0 Å². The molecule has 0 aromatic carbocycles. The van der Waals surface area contributed by atoms with Gasteiger partial charge in [0.05, 0.1) is 19.8 Å². The average Bonchev–Trinajstić information content (AvgIpc) is 2.66. The number of carbonyl (C=O) groups excluding carboxylic acids is 1. The highest BCUT2D eigenvalue weighted by Gasteiger charge is 2.24. The molecule has 0 bridgehead atoms. The molecular formula is C17H34IN5O2S. The summed E-state index contributed by atoms with van der Waals surface area (Å²) < 4.78 is 5.32. The third kappa shape index (κ3) is 8.18. The van der Waals surface area contributed by atoms with E-state index < -0.39 is 0 Å². The summed E-state index contributed by atoms with van der Waals surface area (Å²) in [5, 5.41) is 3.40. The fourth-order valence-electron chi connectivity index (χ4n) is 3.04. The Morgan fingerprint density at radius 2 is 1.81 bits per heavy atom. The number of halogens is 1. The van der Waals surface area contributed by atoms with Gasteiger partial charge in [0, 0.05) is 52.4 Å². The van der Waals surface area contributed by atoms with Crippen molar-refractivity contribution in [3.05, 3.63) is 0 Å². The topological polar surface area (TPSA) is 60.4 Å². The molecular weight excluding hydrogens is 465 g/mol. The second-order valence-corrected chi connectivity index (χ2v) is 7.32. The number of piperazine rings is 1. The molecule has 0 aromatic heterocycles. The number of thioether (sulfide) groups is 1. The van der Waals surface area contributed by atoms with Crippen LogP contribution in [0, 0.1) is 0 Å². The zero-order valence-electron chi connectivity index (χ0n) is 16.1. The van der Waals surface area contributed by atoms with Gasteiger partial charge in [0.25, 0.3) is 0 Å². The van der Waals surface area contributed by atoms with Crippen molar-refractivity contribution in [1.82, 2.24) is 20.0 Å². The summed E-state index contributed by atoms with van der Waals surface area (Å²) in [5.74, 6) is 2.40. The van der Waals surface area contributed by atoms with E-state index >= 15 is 0 Å². The lowest BCUT2D eigenvalue weighted by Crippen LogP contribution is -2.54. The summed E-state index contributed by atoms with van der Waals surface area (Å²) in [6, 6.07) is 0. The van der Waals surface area contributed by atoms with Crippen molar-refractivity contribution in [3.63, 3.8) is 0 Å². The largest absolute Gasteiger partial charge is 0.378 e. The van der Waals surface area contributed by atoms with Gasteiger partial charge in [-0.2, -0.15) is 11.8 Å². The van der Waals surface area contributed by atoms with Gasteiger partial charge in [-0.1, -0.05) is 0 Å². The molecule has 2 saturated heterocycles. The molecule has 0 saturated carbocycles. The number of hydrogen-bond donors (Lipinski definition) is 1. The summed E-state index contributed by atoms with van der Waals surface area (Å²) >= 11 is 1.87. The number of rotatable bonds is 7. The average molecular weight is 499 g/mol. The van der Waals surface area contributed by atoms with Gasteiger partial charge in [-0.25, -0.2) is 0 Å². The normalized spacial score (nSPS) is 19.2. The first-order chi connectivity index (χ1) is 12.2. The second kappa shape index (κ2) is 13.8. The summed E-state index contributed by atoms with van der Waals surface area (Å²) in [6.07, 6.45) is 3.25. The zero-order valence-corrected chi connectivity index (χ0v) is 19.3. The summed E-state index contributed by atoms with van der Waals surface area (Å²) in [4.78, 5) is 23.6. The molecule has 2 heterocycles. The molecule has 1 amide bonds. The van der Waals surface area contributed by atoms with Crippen molar-refractivity contribution < 1.29 is 9.53 Å². The van der Waals surface area contributed by atoms with Gasteiger partial charge in [0.1, 0.15) is 0 Å². The minimum atomic E-state index is 0. The zero-order chi connectivity index (χ0) is 17.9. The van der Waals surface area contributed by atoms with Gasteiger partial charge in [0.15, 0.2) is 5.96 Å². The third-order valence-corrected chi connectivity index (χ3v) is 5.19. The molecule has 0 aromatic rings. The molecule has 26 heavy (non-hydrogen) atoms. The molecule has 0 unspecified atom stereocenters. The quantitative estimate of drug-likeness (QED) is 0.242. The Morgan fingerprint density at radius 3 is 2.42 bits per heavy atom. The predicted octanol–water partition coefficient (Wildman–Crippen LogP) is 0.799. The molecule has 0 radical (unpaired) electrons. The van der Waals surface area contributed by atoms with E-state index in [2.05, 4.69) is 28.3 Å². The van der Waals surface area contributed by atoms with Crippen LogP contribution >= 0.6 is 35.7 Å². The smallest absolute Gasteiger partial charge is 0.236 e. The fourth-order valence-corrected chi connectivity index (χ4v) is 3.46. The van der Waals surface area contributed by atoms with E-state index in [1.54, 1.807) is 0 Å². The lowest BCUT2D eigenvalue weighted by molar-refractivity contribution is -0.136. The van der Waals surface area contributed by atoms with Crippen LogP contribution in [-0.4, -0.2) is 111 Å². The number of guanidine groups is 1. The van der Waals surface area contributed by atoms with Gasteiger partial charge in [-0.05, 0) is 25.4 Å². The van der Waals surface area contributed by atoms with Crippen LogP contribution in [-0.2, 0) is 9.53 Å². The lowest BCUT2D eigenvalue weighted by Gasteiger charge is -2.37. The molecule has 7 nitrogen and oxygen atoms in total. The second-order valence-electron chi connectivity index (χ2n) is 6.34. The monoisotopic (exact) mass is 499 g/mol. The summed E-state index contributed by atoms with van der Waals surface area (Å²) in [5.41, 5.74) is 0. The van der Waals surface area contributed by atoms with E-state index in [0.29, 0.717) is 19.8 Å². The Hall–Kier alpha value is -0.260. The van der Waals surface area contributed by atoms with Gasteiger partial charge in [-0.3, -0.25) is 14.7 Å². The van der Waals surface area contributed by atoms with Crippen molar-refractivity contribution in [2.45, 2.75) is 13.3 Å². The van der Waals surface area contributed by atoms with Crippen LogP contribution < -0.4 is 5.32 Å². The maximum Gasteiger partial charge on any atom is 0.236 e. The first-order valence-corrected chi connectivity index (χ1v) is 10.7. The van der Waals surface area contributed by atoms with E-state index in [9.17, 15) is 4.79 Å². The van der Waals surface area contributed by atoms with Crippen LogP contribution in [0.2, 0.25) is 0 Å². The van der Waals surface area contributed by atoms with Crippen molar-refractivity contribution in [3.8, 4) is 0 Å². The first kappa shape index (κ1) is 23.8. The summed E-state index contributed by atoms with van der Waals surface area (Å²) in [7, 11) is 0. The highest BCUT2D eigenvalue weighted by atomic mass is 127.